The summed E-state index contributed by atoms with van der Waals surface area (Å²) in [6, 6.07) is 4.39. The van der Waals surface area contributed by atoms with E-state index in [0.29, 0.717) is 0 Å². The topological polar surface area (TPSA) is 43.1 Å². The lowest BCUT2D eigenvalue weighted by atomic mass is 9.76. The average Bonchev–Trinajstić information content (AvgIpc) is 2.37. The van der Waals surface area contributed by atoms with Gasteiger partial charge in [-0.05, 0) is 67.2 Å². The van der Waals surface area contributed by atoms with Crippen molar-refractivity contribution in [1.29, 1.82) is 0 Å². The Kier molecular flexibility index (Phi) is 2.65. The largest absolute Gasteiger partial charge is 0.369 e. The molecule has 0 radical (unpaired) electrons. The van der Waals surface area contributed by atoms with Crippen LogP contribution in [0.5, 0.6) is 0 Å². The van der Waals surface area contributed by atoms with E-state index in [1.54, 1.807) is 5.56 Å². The summed E-state index contributed by atoms with van der Waals surface area (Å²) in [7, 11) is 0. The third-order valence-corrected chi connectivity index (χ3v) is 4.33. The summed E-state index contributed by atoms with van der Waals surface area (Å²) >= 11 is 0. The van der Waals surface area contributed by atoms with Crippen LogP contribution in [-0.2, 0) is 24.1 Å². The summed E-state index contributed by atoms with van der Waals surface area (Å²) < 4.78 is 0. The summed E-state index contributed by atoms with van der Waals surface area (Å²) in [4.78, 5) is 11.5. The minimum atomic E-state index is -0.151. The third-order valence-electron chi connectivity index (χ3n) is 4.33. The normalized spacial score (nSPS) is 22.7. The molecule has 0 spiro atoms. The second kappa shape index (κ2) is 4.17. The molecule has 1 aromatic rings. The number of amides is 1. The lowest BCUT2D eigenvalue weighted by Gasteiger charge is -2.28. The van der Waals surface area contributed by atoms with Crippen molar-refractivity contribution in [3.05, 3.63) is 34.4 Å². The molecule has 2 heteroatoms. The zero-order chi connectivity index (χ0) is 11.8. The molecule has 90 valence electrons. The molecule has 1 amide bonds. The number of benzene rings is 1. The van der Waals surface area contributed by atoms with E-state index >= 15 is 0 Å². The van der Waals surface area contributed by atoms with Crippen molar-refractivity contribution >= 4 is 5.91 Å². The van der Waals surface area contributed by atoms with Crippen molar-refractivity contribution in [2.24, 2.45) is 5.73 Å². The maximum atomic E-state index is 11.5. The molecule has 0 aromatic heterocycles. The number of aryl methyl sites for hydroxylation is 1. The number of carbonyl (C=O) groups is 1. The fraction of sp³-hybridized carbons (Fsp3) is 0.533. The molecular formula is C15H19NO. The molecule has 0 fully saturated rings. The highest BCUT2D eigenvalue weighted by molar-refractivity contribution is 5.83. The van der Waals surface area contributed by atoms with Crippen molar-refractivity contribution in [1.82, 2.24) is 0 Å². The average molecular weight is 229 g/mol. The Morgan fingerprint density at radius 1 is 1.06 bits per heavy atom. The molecule has 2 aliphatic carbocycles. The maximum absolute atomic E-state index is 11.5. The van der Waals surface area contributed by atoms with Crippen LogP contribution in [-0.4, -0.2) is 5.91 Å². The lowest BCUT2D eigenvalue weighted by Crippen LogP contribution is -2.26. The summed E-state index contributed by atoms with van der Waals surface area (Å²) in [5, 5.41) is 0. The van der Waals surface area contributed by atoms with Crippen molar-refractivity contribution in [2.45, 2.75) is 50.9 Å². The van der Waals surface area contributed by atoms with Crippen molar-refractivity contribution in [3.8, 4) is 0 Å². The van der Waals surface area contributed by atoms with E-state index < -0.39 is 0 Å². The Balaban J connectivity index is 2.11. The van der Waals surface area contributed by atoms with Gasteiger partial charge in [0.1, 0.15) is 0 Å². The van der Waals surface area contributed by atoms with E-state index in [2.05, 4.69) is 12.1 Å². The molecule has 1 atom stereocenters. The molecular weight excluding hydrogens is 210 g/mol. The Hall–Kier alpha value is -1.31. The van der Waals surface area contributed by atoms with Crippen molar-refractivity contribution in [2.75, 3.05) is 0 Å². The molecule has 0 bridgehead atoms. The number of nitrogens with two attached hydrogens (primary N) is 1. The van der Waals surface area contributed by atoms with Crippen LogP contribution >= 0.6 is 0 Å². The first kappa shape index (κ1) is 10.8. The summed E-state index contributed by atoms with van der Waals surface area (Å²) in [6.07, 6.45) is 8.20. The van der Waals surface area contributed by atoms with Crippen LogP contribution in [0.2, 0.25) is 0 Å². The molecule has 2 N–H and O–H groups in total. The van der Waals surface area contributed by atoms with Gasteiger partial charge in [-0.2, -0.15) is 0 Å². The summed E-state index contributed by atoms with van der Waals surface area (Å²) in [5.74, 6) is -0.187. The molecule has 1 unspecified atom stereocenters. The van der Waals surface area contributed by atoms with E-state index in [1.165, 1.54) is 42.4 Å². The van der Waals surface area contributed by atoms with E-state index in [9.17, 15) is 4.79 Å². The number of carbonyl (C=O) groups excluding carboxylic acids is 1. The van der Waals surface area contributed by atoms with Gasteiger partial charge in [-0.3, -0.25) is 4.79 Å². The predicted molar refractivity (Wildman–Crippen MR) is 68.0 cm³/mol. The SMILES string of the molecule is NC(=O)C1CCCc2c1ccc1c2CCCC1. The van der Waals surface area contributed by atoms with E-state index in [0.717, 1.165) is 19.3 Å². The second-order valence-electron chi connectivity index (χ2n) is 5.33. The minimum absolute atomic E-state index is 0.0361. The van der Waals surface area contributed by atoms with Gasteiger partial charge in [-0.15, -0.1) is 0 Å². The minimum Gasteiger partial charge on any atom is -0.369 e. The van der Waals surface area contributed by atoms with Crippen molar-refractivity contribution < 1.29 is 4.79 Å². The summed E-state index contributed by atoms with van der Waals surface area (Å²) in [6.45, 7) is 0. The van der Waals surface area contributed by atoms with Gasteiger partial charge in [-0.25, -0.2) is 0 Å². The second-order valence-corrected chi connectivity index (χ2v) is 5.33. The quantitative estimate of drug-likeness (QED) is 0.789. The molecule has 0 saturated heterocycles. The number of fused-ring (bicyclic) bond motifs is 3. The van der Waals surface area contributed by atoms with Gasteiger partial charge < -0.3 is 5.73 Å². The Labute approximate surface area is 102 Å². The standard InChI is InChI=1S/C15H19NO/c16-15(17)14-7-3-6-12-11-5-2-1-4-10(11)8-9-13(12)14/h8-9,14H,1-7H2,(H2,16,17). The zero-order valence-electron chi connectivity index (χ0n) is 10.2. The number of hydrogen-bond donors (Lipinski definition) is 1. The smallest absolute Gasteiger partial charge is 0.224 e. The Morgan fingerprint density at radius 3 is 2.65 bits per heavy atom. The molecule has 0 saturated carbocycles. The fourth-order valence-corrected chi connectivity index (χ4v) is 3.48. The van der Waals surface area contributed by atoms with Gasteiger partial charge >= 0.3 is 0 Å². The first-order chi connectivity index (χ1) is 8.27. The van der Waals surface area contributed by atoms with Crippen LogP contribution in [0, 0.1) is 0 Å². The van der Waals surface area contributed by atoms with Crippen LogP contribution in [0.15, 0.2) is 12.1 Å². The van der Waals surface area contributed by atoms with Gasteiger partial charge in [-0.1, -0.05) is 12.1 Å². The molecule has 0 aliphatic heterocycles. The molecule has 17 heavy (non-hydrogen) atoms. The molecule has 2 nitrogen and oxygen atoms in total. The molecule has 1 aromatic carbocycles. The molecule has 0 heterocycles. The van der Waals surface area contributed by atoms with E-state index in [4.69, 9.17) is 5.73 Å². The van der Waals surface area contributed by atoms with Crippen LogP contribution in [0.25, 0.3) is 0 Å². The summed E-state index contributed by atoms with van der Waals surface area (Å²) in [5.41, 5.74) is 11.3. The van der Waals surface area contributed by atoms with Crippen LogP contribution in [0.3, 0.4) is 0 Å². The highest BCUT2D eigenvalue weighted by atomic mass is 16.1. The van der Waals surface area contributed by atoms with Crippen molar-refractivity contribution in [3.63, 3.8) is 0 Å². The predicted octanol–water partition coefficient (Wildman–Crippen LogP) is 2.47. The van der Waals surface area contributed by atoms with Gasteiger partial charge in [0.15, 0.2) is 0 Å². The van der Waals surface area contributed by atoms with Crippen LogP contribution < -0.4 is 5.73 Å². The van der Waals surface area contributed by atoms with Crippen LogP contribution in [0.4, 0.5) is 0 Å². The molecule has 2 aliphatic rings. The number of rotatable bonds is 1. The number of hydrogen-bond acceptors (Lipinski definition) is 1. The monoisotopic (exact) mass is 229 g/mol. The molecule has 3 rings (SSSR count). The third kappa shape index (κ3) is 1.76. The van der Waals surface area contributed by atoms with Gasteiger partial charge in [0, 0.05) is 0 Å². The first-order valence-corrected chi connectivity index (χ1v) is 6.70. The fourth-order valence-electron chi connectivity index (χ4n) is 3.48. The highest BCUT2D eigenvalue weighted by Crippen LogP contribution is 2.37. The van der Waals surface area contributed by atoms with E-state index in [1.807, 2.05) is 0 Å². The van der Waals surface area contributed by atoms with Gasteiger partial charge in [0.2, 0.25) is 5.91 Å². The Bertz CT molecular complexity index is 464. The Morgan fingerprint density at radius 2 is 1.82 bits per heavy atom. The highest BCUT2D eigenvalue weighted by Gasteiger charge is 2.27. The maximum Gasteiger partial charge on any atom is 0.224 e. The van der Waals surface area contributed by atoms with E-state index in [-0.39, 0.29) is 11.8 Å². The first-order valence-electron chi connectivity index (χ1n) is 6.70. The number of primary amides is 1. The van der Waals surface area contributed by atoms with Crippen LogP contribution in [0.1, 0.15) is 53.9 Å². The van der Waals surface area contributed by atoms with Gasteiger partial charge in [0.05, 0.1) is 5.92 Å². The lowest BCUT2D eigenvalue weighted by molar-refractivity contribution is -0.119. The zero-order valence-corrected chi connectivity index (χ0v) is 10.2. The van der Waals surface area contributed by atoms with Gasteiger partial charge in [0.25, 0.3) is 0 Å².